The summed E-state index contributed by atoms with van der Waals surface area (Å²) in [6.07, 6.45) is 5.51. The molecule has 3 aromatic heterocycles. The molecule has 1 fully saturated rings. The Morgan fingerprint density at radius 1 is 1.19 bits per heavy atom. The third-order valence-corrected chi connectivity index (χ3v) is 5.15. The lowest BCUT2D eigenvalue weighted by molar-refractivity contribution is -0.139. The minimum atomic E-state index is -0.281. The Bertz CT molecular complexity index is 1040. The van der Waals surface area contributed by atoms with Gasteiger partial charge in [0.25, 0.3) is 0 Å². The van der Waals surface area contributed by atoms with E-state index in [1.165, 1.54) is 6.33 Å². The van der Waals surface area contributed by atoms with Gasteiger partial charge in [-0.25, -0.2) is 9.97 Å². The molecule has 0 aliphatic carbocycles. The number of hydrogen-bond donors (Lipinski definition) is 0. The van der Waals surface area contributed by atoms with E-state index in [-0.39, 0.29) is 17.9 Å². The summed E-state index contributed by atoms with van der Waals surface area (Å²) >= 11 is 0. The zero-order valence-electron chi connectivity index (χ0n) is 18.0. The highest BCUT2D eigenvalue weighted by Gasteiger charge is 2.27. The zero-order chi connectivity index (χ0) is 21.8. The smallest absolute Gasteiger partial charge is 0.223 e. The molecule has 1 saturated heterocycles. The van der Waals surface area contributed by atoms with Crippen LogP contribution in [0.4, 0.5) is 0 Å². The second kappa shape index (κ2) is 9.30. The molecule has 0 bridgehead atoms. The van der Waals surface area contributed by atoms with Gasteiger partial charge in [-0.05, 0) is 24.6 Å². The molecule has 0 saturated carbocycles. The van der Waals surface area contributed by atoms with Gasteiger partial charge < -0.3 is 14.1 Å². The number of pyridine rings is 1. The van der Waals surface area contributed by atoms with E-state index < -0.39 is 0 Å². The number of hydrogen-bond acceptors (Lipinski definition) is 8. The number of ether oxygens (including phenoxy) is 1. The van der Waals surface area contributed by atoms with Gasteiger partial charge in [-0.1, -0.05) is 13.8 Å². The molecule has 1 aliphatic heterocycles. The van der Waals surface area contributed by atoms with Gasteiger partial charge in [0.15, 0.2) is 0 Å². The highest BCUT2D eigenvalue weighted by molar-refractivity contribution is 5.76. The predicted octanol–water partition coefficient (Wildman–Crippen LogP) is 2.89. The van der Waals surface area contributed by atoms with Crippen LogP contribution in [-0.2, 0) is 16.0 Å². The molecular formula is C22H26N6O3. The van der Waals surface area contributed by atoms with Crippen molar-refractivity contribution in [1.29, 1.82) is 0 Å². The Morgan fingerprint density at radius 3 is 2.74 bits per heavy atom. The number of carbonyl (C=O) groups is 1. The third-order valence-electron chi connectivity index (χ3n) is 5.15. The summed E-state index contributed by atoms with van der Waals surface area (Å²) < 4.78 is 11.6. The zero-order valence-corrected chi connectivity index (χ0v) is 18.0. The molecule has 4 heterocycles. The van der Waals surface area contributed by atoms with E-state index in [2.05, 4.69) is 25.1 Å². The molecule has 1 amide bonds. The van der Waals surface area contributed by atoms with E-state index in [9.17, 15) is 4.79 Å². The van der Waals surface area contributed by atoms with Crippen molar-refractivity contribution in [2.45, 2.75) is 45.6 Å². The highest BCUT2D eigenvalue weighted by Crippen LogP contribution is 2.26. The fourth-order valence-electron chi connectivity index (χ4n) is 3.50. The van der Waals surface area contributed by atoms with Crippen molar-refractivity contribution in [3.8, 4) is 11.1 Å². The number of rotatable bonds is 6. The summed E-state index contributed by atoms with van der Waals surface area (Å²) in [7, 11) is 0. The second-order valence-electron chi connectivity index (χ2n) is 7.94. The van der Waals surface area contributed by atoms with Crippen molar-refractivity contribution in [2.75, 3.05) is 19.7 Å². The fourth-order valence-corrected chi connectivity index (χ4v) is 3.50. The minimum absolute atomic E-state index is 0.0435. The third kappa shape index (κ3) is 5.11. The summed E-state index contributed by atoms with van der Waals surface area (Å²) in [5, 5.41) is 8.05. The maximum Gasteiger partial charge on any atom is 0.223 e. The molecule has 0 N–H and O–H groups in total. The van der Waals surface area contributed by atoms with Crippen molar-refractivity contribution in [3.05, 3.63) is 54.0 Å². The van der Waals surface area contributed by atoms with E-state index in [0.717, 1.165) is 22.5 Å². The normalized spacial score (nSPS) is 16.6. The molecule has 162 valence electrons. The van der Waals surface area contributed by atoms with Gasteiger partial charge in [-0.15, -0.1) is 10.2 Å². The topological polar surface area (TPSA) is 107 Å². The average Bonchev–Trinajstić information content (AvgIpc) is 3.27. The van der Waals surface area contributed by atoms with Crippen LogP contribution >= 0.6 is 0 Å². The van der Waals surface area contributed by atoms with E-state index in [1.54, 1.807) is 12.4 Å². The molecular weight excluding hydrogens is 396 g/mol. The molecule has 4 rings (SSSR count). The number of nitrogens with zero attached hydrogens (tertiary/aromatic N) is 6. The monoisotopic (exact) mass is 422 g/mol. The van der Waals surface area contributed by atoms with Crippen molar-refractivity contribution < 1.29 is 13.9 Å². The summed E-state index contributed by atoms with van der Waals surface area (Å²) in [5.74, 6) is 1.31. The van der Waals surface area contributed by atoms with E-state index in [1.807, 2.05) is 37.8 Å². The van der Waals surface area contributed by atoms with Crippen LogP contribution in [0.15, 0.2) is 35.3 Å². The van der Waals surface area contributed by atoms with E-state index >= 15 is 0 Å². The number of aromatic nitrogens is 5. The summed E-state index contributed by atoms with van der Waals surface area (Å²) in [5.41, 5.74) is 3.57. The largest absolute Gasteiger partial charge is 0.425 e. The summed E-state index contributed by atoms with van der Waals surface area (Å²) in [4.78, 5) is 27.4. The molecule has 1 aliphatic rings. The van der Waals surface area contributed by atoms with Crippen LogP contribution in [0.2, 0.25) is 0 Å². The van der Waals surface area contributed by atoms with Crippen LogP contribution in [0.3, 0.4) is 0 Å². The first-order valence-corrected chi connectivity index (χ1v) is 10.4. The molecule has 1 unspecified atom stereocenters. The Labute approximate surface area is 180 Å². The Kier molecular flexibility index (Phi) is 6.31. The molecule has 0 spiro atoms. The molecule has 1 atom stereocenters. The van der Waals surface area contributed by atoms with Gasteiger partial charge in [0.1, 0.15) is 12.4 Å². The lowest BCUT2D eigenvalue weighted by Crippen LogP contribution is -2.42. The first-order valence-electron chi connectivity index (χ1n) is 10.4. The number of amides is 1. The lowest BCUT2D eigenvalue weighted by Gasteiger charge is -2.33. The summed E-state index contributed by atoms with van der Waals surface area (Å²) in [6.45, 7) is 7.41. The summed E-state index contributed by atoms with van der Waals surface area (Å²) in [6, 6.07) is 3.97. The SMILES string of the molecule is Cc1cc(-c2cncnc2)cc(C2CN(C(=O)CCc3nnc(C(C)C)o3)CCO2)n1. The quantitative estimate of drug-likeness (QED) is 0.597. The average molecular weight is 422 g/mol. The maximum atomic E-state index is 12.8. The van der Waals surface area contributed by atoms with Crippen LogP contribution in [0.5, 0.6) is 0 Å². The van der Waals surface area contributed by atoms with Gasteiger partial charge in [-0.2, -0.15) is 0 Å². The number of aryl methyl sites for hydroxylation is 2. The first-order chi connectivity index (χ1) is 15.0. The standard InChI is InChI=1S/C22H26N6O3/c1-14(2)22-27-26-20(31-22)4-5-21(29)28-6-7-30-19(12-28)18-9-16(8-15(3)25-18)17-10-23-13-24-11-17/h8-11,13-14,19H,4-7,12H2,1-3H3. The Hall–Kier alpha value is -3.20. The van der Waals surface area contributed by atoms with Crippen LogP contribution in [0, 0.1) is 6.92 Å². The van der Waals surface area contributed by atoms with Crippen molar-refractivity contribution in [2.24, 2.45) is 0 Å². The molecule has 9 heteroatoms. The van der Waals surface area contributed by atoms with Gasteiger partial charge in [0.05, 0.1) is 18.8 Å². The minimum Gasteiger partial charge on any atom is -0.425 e. The fraction of sp³-hybridized carbons (Fsp3) is 0.455. The molecule has 0 aromatic carbocycles. The van der Waals surface area contributed by atoms with Crippen LogP contribution in [0.25, 0.3) is 11.1 Å². The van der Waals surface area contributed by atoms with E-state index in [4.69, 9.17) is 9.15 Å². The Morgan fingerprint density at radius 2 is 2.00 bits per heavy atom. The van der Waals surface area contributed by atoms with Gasteiger partial charge in [-0.3, -0.25) is 9.78 Å². The number of morpholine rings is 1. The first kappa shape index (κ1) is 21.0. The van der Waals surface area contributed by atoms with Crippen LogP contribution < -0.4 is 0 Å². The molecule has 3 aromatic rings. The van der Waals surface area contributed by atoms with Crippen molar-refractivity contribution in [3.63, 3.8) is 0 Å². The second-order valence-corrected chi connectivity index (χ2v) is 7.94. The van der Waals surface area contributed by atoms with Crippen molar-refractivity contribution in [1.82, 2.24) is 30.0 Å². The maximum absolute atomic E-state index is 12.8. The molecule has 31 heavy (non-hydrogen) atoms. The predicted molar refractivity (Wildman–Crippen MR) is 112 cm³/mol. The van der Waals surface area contributed by atoms with Crippen LogP contribution in [-0.4, -0.2) is 55.7 Å². The van der Waals surface area contributed by atoms with Crippen molar-refractivity contribution >= 4 is 5.91 Å². The van der Waals surface area contributed by atoms with Crippen LogP contribution in [0.1, 0.15) is 55.5 Å². The molecule has 0 radical (unpaired) electrons. The Balaban J connectivity index is 1.42. The molecule has 9 nitrogen and oxygen atoms in total. The van der Waals surface area contributed by atoms with Gasteiger partial charge >= 0.3 is 0 Å². The van der Waals surface area contributed by atoms with Gasteiger partial charge in [0.2, 0.25) is 17.7 Å². The van der Waals surface area contributed by atoms with E-state index in [0.29, 0.717) is 44.3 Å². The lowest BCUT2D eigenvalue weighted by atomic mass is 10.1. The number of carbonyl (C=O) groups excluding carboxylic acids is 1. The highest BCUT2D eigenvalue weighted by atomic mass is 16.5. The van der Waals surface area contributed by atoms with Gasteiger partial charge in [0, 0.05) is 49.0 Å².